The van der Waals surface area contributed by atoms with Crippen LogP contribution in [-0.4, -0.2) is 23.1 Å². The van der Waals surface area contributed by atoms with Gasteiger partial charge in [-0.25, -0.2) is 4.79 Å². The first-order chi connectivity index (χ1) is 10.6. The summed E-state index contributed by atoms with van der Waals surface area (Å²) in [5.74, 6) is 0.175. The van der Waals surface area contributed by atoms with Crippen LogP contribution in [0.25, 0.3) is 0 Å². The van der Waals surface area contributed by atoms with Gasteiger partial charge in [0.05, 0.1) is 18.2 Å². The molecule has 2 rings (SSSR count). The molecular formula is C17H17N3O2. The minimum absolute atomic E-state index is 0.175. The van der Waals surface area contributed by atoms with Gasteiger partial charge in [0.15, 0.2) is 0 Å². The fourth-order valence-corrected chi connectivity index (χ4v) is 1.98. The Balaban J connectivity index is 1.88. The first kappa shape index (κ1) is 15.4. The Morgan fingerprint density at radius 2 is 1.91 bits per heavy atom. The van der Waals surface area contributed by atoms with Gasteiger partial charge in [-0.3, -0.25) is 0 Å². The molecule has 0 unspecified atom stereocenters. The van der Waals surface area contributed by atoms with E-state index in [1.807, 2.05) is 18.2 Å². The third kappa shape index (κ3) is 4.00. The van der Waals surface area contributed by atoms with Crippen molar-refractivity contribution in [3.05, 3.63) is 65.2 Å². The highest BCUT2D eigenvalue weighted by Crippen LogP contribution is 2.17. The molecule has 0 aromatic heterocycles. The summed E-state index contributed by atoms with van der Waals surface area (Å²) >= 11 is 0. The summed E-state index contributed by atoms with van der Waals surface area (Å²) in [6.07, 6.45) is 0. The van der Waals surface area contributed by atoms with E-state index >= 15 is 0 Å². The van der Waals surface area contributed by atoms with E-state index in [0.717, 1.165) is 5.56 Å². The summed E-state index contributed by atoms with van der Waals surface area (Å²) in [6.45, 7) is 0.710. The molecule has 0 atom stereocenters. The zero-order chi connectivity index (χ0) is 15.9. The molecule has 0 saturated heterocycles. The average molecular weight is 295 g/mol. The molecule has 0 aliphatic heterocycles. The minimum atomic E-state index is -0.229. The van der Waals surface area contributed by atoms with Crippen molar-refractivity contribution in [3.63, 3.8) is 0 Å². The first-order valence-corrected chi connectivity index (χ1v) is 6.85. The molecule has 0 fully saturated rings. The van der Waals surface area contributed by atoms with Crippen LogP contribution < -0.4 is 5.32 Å². The standard InChI is InChI=1S/C17H17N3O2/c1-20(12-15-4-2-3-5-16(15)21)17(22)19-11-14-8-6-13(10-18)7-9-14/h2-9,21H,11-12H2,1H3,(H,19,22). The van der Waals surface area contributed by atoms with Gasteiger partial charge in [-0.15, -0.1) is 0 Å². The number of carbonyl (C=O) groups excluding carboxylic acids is 1. The monoisotopic (exact) mass is 295 g/mol. The number of hydrogen-bond acceptors (Lipinski definition) is 3. The van der Waals surface area contributed by atoms with Gasteiger partial charge < -0.3 is 15.3 Å². The zero-order valence-electron chi connectivity index (χ0n) is 12.3. The molecule has 112 valence electrons. The lowest BCUT2D eigenvalue weighted by Crippen LogP contribution is -2.36. The molecule has 2 aromatic rings. The Kier molecular flexibility index (Phi) is 4.99. The fraction of sp³-hybridized carbons (Fsp3) is 0.176. The number of nitrogens with one attached hydrogen (secondary N) is 1. The maximum Gasteiger partial charge on any atom is 0.317 e. The molecule has 0 saturated carbocycles. The van der Waals surface area contributed by atoms with Crippen LogP contribution in [0.4, 0.5) is 4.79 Å². The lowest BCUT2D eigenvalue weighted by molar-refractivity contribution is 0.206. The molecular weight excluding hydrogens is 278 g/mol. The number of aromatic hydroxyl groups is 1. The summed E-state index contributed by atoms with van der Waals surface area (Å²) in [5, 5.41) is 21.2. The van der Waals surface area contributed by atoms with Crippen molar-refractivity contribution in [3.8, 4) is 11.8 Å². The third-order valence-electron chi connectivity index (χ3n) is 3.27. The average Bonchev–Trinajstić information content (AvgIpc) is 2.55. The summed E-state index contributed by atoms with van der Waals surface area (Å²) in [6, 6.07) is 15.8. The van der Waals surface area contributed by atoms with E-state index in [-0.39, 0.29) is 11.8 Å². The molecule has 5 heteroatoms. The molecule has 0 bridgehead atoms. The van der Waals surface area contributed by atoms with Crippen molar-refractivity contribution in [1.82, 2.24) is 10.2 Å². The number of nitriles is 1. The van der Waals surface area contributed by atoms with Crippen LogP contribution in [0.3, 0.4) is 0 Å². The Morgan fingerprint density at radius 1 is 1.23 bits per heavy atom. The SMILES string of the molecule is CN(Cc1ccccc1O)C(=O)NCc1ccc(C#N)cc1. The molecule has 5 nitrogen and oxygen atoms in total. The number of urea groups is 1. The molecule has 0 aliphatic carbocycles. The summed E-state index contributed by atoms with van der Waals surface area (Å²) in [5.41, 5.74) is 2.20. The topological polar surface area (TPSA) is 76.4 Å². The van der Waals surface area contributed by atoms with Crippen molar-refractivity contribution in [2.24, 2.45) is 0 Å². The second-order valence-corrected chi connectivity index (χ2v) is 4.95. The first-order valence-electron chi connectivity index (χ1n) is 6.85. The third-order valence-corrected chi connectivity index (χ3v) is 3.27. The second-order valence-electron chi connectivity index (χ2n) is 4.95. The lowest BCUT2D eigenvalue weighted by atomic mass is 10.1. The molecule has 22 heavy (non-hydrogen) atoms. The highest BCUT2D eigenvalue weighted by atomic mass is 16.3. The van der Waals surface area contributed by atoms with Gasteiger partial charge in [-0.2, -0.15) is 5.26 Å². The van der Waals surface area contributed by atoms with Crippen LogP contribution in [0, 0.1) is 11.3 Å². The van der Waals surface area contributed by atoms with E-state index < -0.39 is 0 Å². The predicted molar refractivity (Wildman–Crippen MR) is 83.0 cm³/mol. The van der Waals surface area contributed by atoms with Crippen LogP contribution in [0.1, 0.15) is 16.7 Å². The second kappa shape index (κ2) is 7.14. The highest BCUT2D eigenvalue weighted by molar-refractivity contribution is 5.73. The van der Waals surface area contributed by atoms with Crippen LogP contribution in [0.5, 0.6) is 5.75 Å². The Hall–Kier alpha value is -3.00. The zero-order valence-corrected chi connectivity index (χ0v) is 12.3. The van der Waals surface area contributed by atoms with Crippen molar-refractivity contribution in [2.45, 2.75) is 13.1 Å². The van der Waals surface area contributed by atoms with Crippen molar-refractivity contribution in [1.29, 1.82) is 5.26 Å². The Morgan fingerprint density at radius 3 is 2.55 bits per heavy atom. The van der Waals surface area contributed by atoms with Gasteiger partial charge in [-0.1, -0.05) is 30.3 Å². The maximum atomic E-state index is 12.0. The Labute approximate surface area is 129 Å². The highest BCUT2D eigenvalue weighted by Gasteiger charge is 2.10. The fourth-order valence-electron chi connectivity index (χ4n) is 1.98. The van der Waals surface area contributed by atoms with Crippen molar-refractivity contribution >= 4 is 6.03 Å². The van der Waals surface area contributed by atoms with Gasteiger partial charge in [0.2, 0.25) is 0 Å². The van der Waals surface area contributed by atoms with Crippen molar-refractivity contribution < 1.29 is 9.90 Å². The van der Waals surface area contributed by atoms with E-state index in [4.69, 9.17) is 5.26 Å². The quantitative estimate of drug-likeness (QED) is 0.910. The van der Waals surface area contributed by atoms with Gasteiger partial charge in [-0.05, 0) is 23.8 Å². The van der Waals surface area contributed by atoms with Crippen LogP contribution in [0.15, 0.2) is 48.5 Å². The summed E-state index contributed by atoms with van der Waals surface area (Å²) in [7, 11) is 1.67. The minimum Gasteiger partial charge on any atom is -0.508 e. The molecule has 0 radical (unpaired) electrons. The van der Waals surface area contributed by atoms with Gasteiger partial charge in [0.25, 0.3) is 0 Å². The number of benzene rings is 2. The van der Waals surface area contributed by atoms with Gasteiger partial charge >= 0.3 is 6.03 Å². The van der Waals surface area contributed by atoms with Crippen molar-refractivity contribution in [2.75, 3.05) is 7.05 Å². The molecule has 0 aliphatic rings. The van der Waals surface area contributed by atoms with Crippen LogP contribution in [-0.2, 0) is 13.1 Å². The number of hydrogen-bond donors (Lipinski definition) is 2. The van der Waals surface area contributed by atoms with E-state index in [0.29, 0.717) is 24.2 Å². The summed E-state index contributed by atoms with van der Waals surface area (Å²) in [4.78, 5) is 13.5. The molecule has 2 N–H and O–H groups in total. The van der Waals surface area contributed by atoms with Gasteiger partial charge in [0.1, 0.15) is 5.75 Å². The van der Waals surface area contributed by atoms with Crippen LogP contribution in [0.2, 0.25) is 0 Å². The van der Waals surface area contributed by atoms with Gasteiger partial charge in [0, 0.05) is 19.2 Å². The normalized spacial score (nSPS) is 9.82. The molecule has 0 spiro atoms. The van der Waals surface area contributed by atoms with E-state index in [9.17, 15) is 9.90 Å². The largest absolute Gasteiger partial charge is 0.508 e. The number of phenolic OH excluding ortho intramolecular Hbond substituents is 1. The van der Waals surface area contributed by atoms with Crippen LogP contribution >= 0.6 is 0 Å². The number of phenols is 1. The summed E-state index contributed by atoms with van der Waals surface area (Å²) < 4.78 is 0. The number of rotatable bonds is 4. The van der Waals surface area contributed by atoms with E-state index in [2.05, 4.69) is 11.4 Å². The molecule has 0 heterocycles. The smallest absolute Gasteiger partial charge is 0.317 e. The number of carbonyl (C=O) groups is 1. The Bertz CT molecular complexity index is 690. The molecule has 2 amide bonds. The number of nitrogens with zero attached hydrogens (tertiary/aromatic N) is 2. The molecule has 2 aromatic carbocycles. The van der Waals surface area contributed by atoms with E-state index in [1.165, 1.54) is 4.90 Å². The van der Waals surface area contributed by atoms with E-state index in [1.54, 1.807) is 37.4 Å². The lowest BCUT2D eigenvalue weighted by Gasteiger charge is -2.18. The number of para-hydroxylation sites is 1. The number of amides is 2. The maximum absolute atomic E-state index is 12.0. The predicted octanol–water partition coefficient (Wildman–Crippen LogP) is 2.61.